The minimum atomic E-state index is -0.0503. The fourth-order valence-electron chi connectivity index (χ4n) is 3.18. The molecule has 0 radical (unpaired) electrons. The third kappa shape index (κ3) is 2.75. The van der Waals surface area contributed by atoms with Gasteiger partial charge in [-0.1, -0.05) is 0 Å². The van der Waals surface area contributed by atoms with Gasteiger partial charge in [0.15, 0.2) is 0 Å². The molecule has 2 aliphatic heterocycles. The molecule has 0 aliphatic carbocycles. The van der Waals surface area contributed by atoms with E-state index in [0.29, 0.717) is 6.61 Å². The summed E-state index contributed by atoms with van der Waals surface area (Å²) in [5, 5.41) is 3.87. The zero-order valence-electron chi connectivity index (χ0n) is 11.8. The van der Waals surface area contributed by atoms with Crippen LogP contribution in [0.15, 0.2) is 16.8 Å². The normalized spacial score (nSPS) is 25.2. The van der Waals surface area contributed by atoms with Gasteiger partial charge in [0.05, 0.1) is 23.9 Å². The molecule has 2 aliphatic rings. The summed E-state index contributed by atoms with van der Waals surface area (Å²) < 4.78 is 11.7. The van der Waals surface area contributed by atoms with E-state index in [0.717, 1.165) is 44.5 Å². The van der Waals surface area contributed by atoms with Crippen LogP contribution in [0.5, 0.6) is 0 Å². The summed E-state index contributed by atoms with van der Waals surface area (Å²) >= 11 is 1.57. The highest BCUT2D eigenvalue weighted by molar-refractivity contribution is 7.08. The van der Waals surface area contributed by atoms with E-state index < -0.39 is 0 Å². The fraction of sp³-hybridized carbons (Fsp3) is 0.667. The number of ether oxygens (including phenoxy) is 2. The Morgan fingerprint density at radius 1 is 1.55 bits per heavy atom. The highest BCUT2D eigenvalue weighted by Crippen LogP contribution is 2.37. The van der Waals surface area contributed by atoms with Gasteiger partial charge in [-0.15, -0.1) is 0 Å². The molecule has 1 aromatic heterocycles. The van der Waals surface area contributed by atoms with E-state index in [9.17, 15) is 4.79 Å². The molecule has 5 heteroatoms. The van der Waals surface area contributed by atoms with Crippen molar-refractivity contribution in [2.75, 3.05) is 26.3 Å². The average Bonchev–Trinajstić information content (AvgIpc) is 3.10. The first-order valence-electron chi connectivity index (χ1n) is 7.29. The zero-order chi connectivity index (χ0) is 14.0. The summed E-state index contributed by atoms with van der Waals surface area (Å²) in [7, 11) is 0. The molecule has 0 N–H and O–H groups in total. The Hall–Kier alpha value is -0.910. The Morgan fingerprint density at radius 2 is 2.35 bits per heavy atom. The van der Waals surface area contributed by atoms with E-state index in [2.05, 4.69) is 0 Å². The van der Waals surface area contributed by atoms with Crippen LogP contribution in [0.1, 0.15) is 36.5 Å². The van der Waals surface area contributed by atoms with Gasteiger partial charge in [-0.25, -0.2) is 0 Å². The minimum Gasteiger partial charge on any atom is -0.376 e. The molecule has 0 bridgehead atoms. The van der Waals surface area contributed by atoms with Crippen molar-refractivity contribution in [2.24, 2.45) is 0 Å². The average molecular weight is 295 g/mol. The maximum atomic E-state index is 12.3. The van der Waals surface area contributed by atoms with Gasteiger partial charge in [0.2, 0.25) is 0 Å². The van der Waals surface area contributed by atoms with E-state index >= 15 is 0 Å². The van der Waals surface area contributed by atoms with Crippen molar-refractivity contribution >= 4 is 17.2 Å². The van der Waals surface area contributed by atoms with E-state index in [4.69, 9.17) is 9.47 Å². The maximum absolute atomic E-state index is 12.3. The van der Waals surface area contributed by atoms with Crippen molar-refractivity contribution in [3.8, 4) is 0 Å². The van der Waals surface area contributed by atoms with E-state index in [1.807, 2.05) is 28.7 Å². The van der Waals surface area contributed by atoms with E-state index in [1.54, 1.807) is 11.3 Å². The van der Waals surface area contributed by atoms with Gasteiger partial charge in [0.1, 0.15) is 0 Å². The number of amides is 1. The second kappa shape index (κ2) is 5.84. The van der Waals surface area contributed by atoms with Crippen molar-refractivity contribution in [1.82, 2.24) is 4.90 Å². The van der Waals surface area contributed by atoms with Crippen LogP contribution in [0.25, 0.3) is 0 Å². The van der Waals surface area contributed by atoms with Crippen molar-refractivity contribution in [2.45, 2.75) is 37.9 Å². The summed E-state index contributed by atoms with van der Waals surface area (Å²) in [6.07, 6.45) is 3.05. The maximum Gasteiger partial charge on any atom is 0.254 e. The summed E-state index contributed by atoms with van der Waals surface area (Å²) in [4.78, 5) is 14.2. The van der Waals surface area contributed by atoms with Crippen LogP contribution >= 0.6 is 11.3 Å². The van der Waals surface area contributed by atoms with Crippen LogP contribution < -0.4 is 0 Å². The molecule has 3 rings (SSSR count). The predicted molar refractivity (Wildman–Crippen MR) is 78.2 cm³/mol. The molecular formula is C15H21NO3S. The number of likely N-dealkylation sites (tertiary alicyclic amines) is 1. The molecule has 2 saturated heterocycles. The Morgan fingerprint density at radius 3 is 3.00 bits per heavy atom. The smallest absolute Gasteiger partial charge is 0.254 e. The molecule has 1 amide bonds. The van der Waals surface area contributed by atoms with Crippen LogP contribution in [0, 0.1) is 0 Å². The minimum absolute atomic E-state index is 0.0503. The lowest BCUT2D eigenvalue weighted by molar-refractivity contribution is -0.0407. The number of carbonyl (C=O) groups is 1. The van der Waals surface area contributed by atoms with Crippen LogP contribution in [-0.4, -0.2) is 48.8 Å². The molecule has 4 nitrogen and oxygen atoms in total. The van der Waals surface area contributed by atoms with Gasteiger partial charge in [-0.2, -0.15) is 11.3 Å². The van der Waals surface area contributed by atoms with Gasteiger partial charge >= 0.3 is 0 Å². The van der Waals surface area contributed by atoms with Gasteiger partial charge in [-0.3, -0.25) is 4.79 Å². The number of rotatable bonds is 3. The second-order valence-electron chi connectivity index (χ2n) is 5.58. The van der Waals surface area contributed by atoms with Gasteiger partial charge in [-0.05, 0) is 31.2 Å². The van der Waals surface area contributed by atoms with Crippen molar-refractivity contribution < 1.29 is 14.3 Å². The molecule has 1 atom stereocenters. The summed E-state index contributed by atoms with van der Waals surface area (Å²) in [5.74, 6) is 0.153. The standard InChI is InChI=1S/C15H21NO3S/c1-2-18-13-9-15(19-10-13)4-6-16(7-5-15)14(17)12-3-8-20-11-12/h3,8,11,13H,2,4-7,9-10H2,1H3/t13-/m1/s1. The number of nitrogens with zero attached hydrogens (tertiary/aromatic N) is 1. The Kier molecular flexibility index (Phi) is 4.10. The zero-order valence-corrected chi connectivity index (χ0v) is 12.7. The van der Waals surface area contributed by atoms with Gasteiger partial charge < -0.3 is 14.4 Å². The SMILES string of the molecule is CCO[C@H]1COC2(CCN(C(=O)c3ccsc3)CC2)C1. The summed E-state index contributed by atoms with van der Waals surface area (Å²) in [5.41, 5.74) is 0.760. The Bertz CT molecular complexity index is 452. The summed E-state index contributed by atoms with van der Waals surface area (Å²) in [6, 6.07) is 1.90. The largest absolute Gasteiger partial charge is 0.376 e. The Balaban J connectivity index is 1.56. The molecule has 0 unspecified atom stereocenters. The van der Waals surface area contributed by atoms with Crippen LogP contribution in [0.4, 0.5) is 0 Å². The lowest BCUT2D eigenvalue weighted by Gasteiger charge is -2.38. The molecule has 1 spiro atoms. The fourth-order valence-corrected chi connectivity index (χ4v) is 3.81. The molecule has 0 aromatic carbocycles. The highest BCUT2D eigenvalue weighted by Gasteiger charge is 2.43. The lowest BCUT2D eigenvalue weighted by Crippen LogP contribution is -2.46. The van der Waals surface area contributed by atoms with Crippen LogP contribution in [0.2, 0.25) is 0 Å². The highest BCUT2D eigenvalue weighted by atomic mass is 32.1. The first-order chi connectivity index (χ1) is 9.72. The molecule has 3 heterocycles. The van der Waals surface area contributed by atoms with Gasteiger partial charge in [0.25, 0.3) is 5.91 Å². The lowest BCUT2D eigenvalue weighted by atomic mass is 9.88. The van der Waals surface area contributed by atoms with Crippen LogP contribution in [-0.2, 0) is 9.47 Å². The number of piperidine rings is 1. The van der Waals surface area contributed by atoms with Crippen molar-refractivity contribution in [1.29, 1.82) is 0 Å². The second-order valence-corrected chi connectivity index (χ2v) is 6.36. The molecule has 1 aromatic rings. The summed E-state index contributed by atoms with van der Waals surface area (Å²) in [6.45, 7) is 5.04. The molecule has 20 heavy (non-hydrogen) atoms. The third-order valence-electron chi connectivity index (χ3n) is 4.31. The molecule has 110 valence electrons. The van der Waals surface area contributed by atoms with Crippen LogP contribution in [0.3, 0.4) is 0 Å². The monoisotopic (exact) mass is 295 g/mol. The molecular weight excluding hydrogens is 274 g/mol. The quantitative estimate of drug-likeness (QED) is 0.860. The van der Waals surface area contributed by atoms with Crippen molar-refractivity contribution in [3.63, 3.8) is 0 Å². The number of carbonyl (C=O) groups excluding carboxylic acids is 1. The predicted octanol–water partition coefficient (Wildman–Crippen LogP) is 2.55. The van der Waals surface area contributed by atoms with E-state index in [-0.39, 0.29) is 17.6 Å². The third-order valence-corrected chi connectivity index (χ3v) is 4.99. The topological polar surface area (TPSA) is 38.8 Å². The van der Waals surface area contributed by atoms with Gasteiger partial charge in [0, 0.05) is 31.5 Å². The molecule has 2 fully saturated rings. The number of thiophene rings is 1. The van der Waals surface area contributed by atoms with E-state index in [1.165, 1.54) is 0 Å². The Labute approximate surface area is 123 Å². The number of hydrogen-bond acceptors (Lipinski definition) is 4. The first kappa shape index (κ1) is 14.0. The van der Waals surface area contributed by atoms with Crippen molar-refractivity contribution in [3.05, 3.63) is 22.4 Å². The molecule has 0 saturated carbocycles. The number of hydrogen-bond donors (Lipinski definition) is 0. The first-order valence-corrected chi connectivity index (χ1v) is 8.24.